The zero-order chi connectivity index (χ0) is 15.6. The molecule has 0 radical (unpaired) electrons. The Balaban J connectivity index is 2.19. The first-order valence-corrected chi connectivity index (χ1v) is 7.81. The molecule has 1 aliphatic carbocycles. The molecule has 0 aromatic rings. The Morgan fingerprint density at radius 1 is 1.19 bits per heavy atom. The molecule has 1 aliphatic heterocycles. The summed E-state index contributed by atoms with van der Waals surface area (Å²) in [7, 11) is 1.30. The Labute approximate surface area is 126 Å². The Hall–Kier alpha value is -1.39. The van der Waals surface area contributed by atoms with E-state index >= 15 is 0 Å². The average Bonchev–Trinajstić information content (AvgIpc) is 2.83. The van der Waals surface area contributed by atoms with E-state index in [-0.39, 0.29) is 23.1 Å². The van der Waals surface area contributed by atoms with Gasteiger partial charge in [-0.3, -0.25) is 14.5 Å². The Morgan fingerprint density at radius 3 is 2.14 bits per heavy atom. The molecule has 2 fully saturated rings. The van der Waals surface area contributed by atoms with Gasteiger partial charge in [0.2, 0.25) is 11.8 Å². The SMILES string of the molecule is COC(=O)C(CC(C)C)N1C(=O)CC2(CCCC2)CC1=O. The van der Waals surface area contributed by atoms with Crippen LogP contribution in [0.2, 0.25) is 0 Å². The highest BCUT2D eigenvalue weighted by molar-refractivity contribution is 6.02. The molecule has 1 saturated carbocycles. The van der Waals surface area contributed by atoms with Crippen LogP contribution in [0.3, 0.4) is 0 Å². The summed E-state index contributed by atoms with van der Waals surface area (Å²) < 4.78 is 4.80. The van der Waals surface area contributed by atoms with Crippen LogP contribution in [0.1, 0.15) is 58.8 Å². The number of carbonyl (C=O) groups excluding carboxylic acids is 3. The second-order valence-electron chi connectivity index (χ2n) is 6.89. The van der Waals surface area contributed by atoms with Gasteiger partial charge in [0.05, 0.1) is 7.11 Å². The first kappa shape index (κ1) is 16.0. The lowest BCUT2D eigenvalue weighted by Gasteiger charge is -2.40. The number of methoxy groups -OCH3 is 1. The van der Waals surface area contributed by atoms with Gasteiger partial charge in [-0.2, -0.15) is 0 Å². The zero-order valence-corrected chi connectivity index (χ0v) is 13.2. The summed E-state index contributed by atoms with van der Waals surface area (Å²) >= 11 is 0. The Kier molecular flexibility index (Phi) is 4.69. The van der Waals surface area contributed by atoms with Gasteiger partial charge in [0.25, 0.3) is 0 Å². The predicted octanol–water partition coefficient (Wildman–Crippen LogP) is 2.28. The van der Waals surface area contributed by atoms with Crippen LogP contribution in [0.15, 0.2) is 0 Å². The minimum Gasteiger partial charge on any atom is -0.467 e. The summed E-state index contributed by atoms with van der Waals surface area (Å²) in [6.07, 6.45) is 5.32. The van der Waals surface area contributed by atoms with E-state index in [0.717, 1.165) is 25.7 Å². The minimum atomic E-state index is -0.770. The van der Waals surface area contributed by atoms with Crippen molar-refractivity contribution in [3.8, 4) is 0 Å². The normalized spacial score (nSPS) is 23.0. The number of hydrogen-bond donors (Lipinski definition) is 0. The fourth-order valence-electron chi connectivity index (χ4n) is 3.73. The lowest BCUT2D eigenvalue weighted by atomic mass is 9.76. The summed E-state index contributed by atoms with van der Waals surface area (Å²) in [6.45, 7) is 3.93. The molecule has 1 saturated heterocycles. The smallest absolute Gasteiger partial charge is 0.329 e. The van der Waals surface area contributed by atoms with Gasteiger partial charge in [-0.05, 0) is 30.6 Å². The number of likely N-dealkylation sites (tertiary alicyclic amines) is 1. The molecule has 5 nitrogen and oxygen atoms in total. The molecular formula is C16H25NO4. The van der Waals surface area contributed by atoms with Crippen molar-refractivity contribution in [1.29, 1.82) is 0 Å². The zero-order valence-electron chi connectivity index (χ0n) is 13.2. The fraction of sp³-hybridized carbons (Fsp3) is 0.812. The summed E-state index contributed by atoms with van der Waals surface area (Å²) in [5.41, 5.74) is -0.136. The highest BCUT2D eigenvalue weighted by Gasteiger charge is 2.48. The number of piperidine rings is 1. The number of imide groups is 1. The average molecular weight is 295 g/mol. The first-order valence-electron chi connectivity index (χ1n) is 7.81. The van der Waals surface area contributed by atoms with Crippen molar-refractivity contribution in [3.05, 3.63) is 0 Å². The van der Waals surface area contributed by atoms with E-state index in [1.807, 2.05) is 13.8 Å². The van der Waals surface area contributed by atoms with Crippen molar-refractivity contribution in [2.24, 2.45) is 11.3 Å². The molecule has 118 valence electrons. The van der Waals surface area contributed by atoms with Gasteiger partial charge in [-0.1, -0.05) is 26.7 Å². The largest absolute Gasteiger partial charge is 0.467 e. The molecular weight excluding hydrogens is 270 g/mol. The maximum absolute atomic E-state index is 12.5. The lowest BCUT2D eigenvalue weighted by molar-refractivity contribution is -0.166. The molecule has 0 aromatic heterocycles. The molecule has 2 amide bonds. The summed E-state index contributed by atoms with van der Waals surface area (Å²) in [5, 5.41) is 0. The molecule has 0 aromatic carbocycles. The second-order valence-corrected chi connectivity index (χ2v) is 6.89. The van der Waals surface area contributed by atoms with E-state index in [4.69, 9.17) is 4.74 Å². The maximum atomic E-state index is 12.5. The van der Waals surface area contributed by atoms with Crippen LogP contribution in [0.25, 0.3) is 0 Å². The van der Waals surface area contributed by atoms with Gasteiger partial charge < -0.3 is 4.74 Å². The van der Waals surface area contributed by atoms with E-state index in [0.29, 0.717) is 19.3 Å². The number of carbonyl (C=O) groups is 3. The number of esters is 1. The highest BCUT2D eigenvalue weighted by Crippen LogP contribution is 2.47. The maximum Gasteiger partial charge on any atom is 0.329 e. The van der Waals surface area contributed by atoms with Gasteiger partial charge in [0.1, 0.15) is 6.04 Å². The third-order valence-corrected chi connectivity index (χ3v) is 4.73. The van der Waals surface area contributed by atoms with Crippen LogP contribution < -0.4 is 0 Å². The van der Waals surface area contributed by atoms with Crippen LogP contribution in [0.4, 0.5) is 0 Å². The van der Waals surface area contributed by atoms with Crippen molar-refractivity contribution in [2.45, 2.75) is 64.8 Å². The van der Waals surface area contributed by atoms with Crippen molar-refractivity contribution in [1.82, 2.24) is 4.90 Å². The van der Waals surface area contributed by atoms with Crippen LogP contribution >= 0.6 is 0 Å². The van der Waals surface area contributed by atoms with Crippen LogP contribution in [0.5, 0.6) is 0 Å². The number of hydrogen-bond acceptors (Lipinski definition) is 4. The van der Waals surface area contributed by atoms with Crippen molar-refractivity contribution >= 4 is 17.8 Å². The summed E-state index contributed by atoms with van der Waals surface area (Å²) in [6, 6.07) is -0.770. The van der Waals surface area contributed by atoms with Crippen molar-refractivity contribution in [3.63, 3.8) is 0 Å². The number of nitrogens with zero attached hydrogens (tertiary/aromatic N) is 1. The van der Waals surface area contributed by atoms with Gasteiger partial charge in [0.15, 0.2) is 0 Å². The van der Waals surface area contributed by atoms with Crippen LogP contribution in [-0.4, -0.2) is 35.8 Å². The van der Waals surface area contributed by atoms with Gasteiger partial charge >= 0.3 is 5.97 Å². The van der Waals surface area contributed by atoms with Crippen LogP contribution in [-0.2, 0) is 19.1 Å². The second kappa shape index (κ2) is 6.16. The van der Waals surface area contributed by atoms with Crippen molar-refractivity contribution < 1.29 is 19.1 Å². The fourth-order valence-corrected chi connectivity index (χ4v) is 3.73. The van der Waals surface area contributed by atoms with Gasteiger partial charge in [0, 0.05) is 12.8 Å². The molecule has 1 heterocycles. The number of ether oxygens (including phenoxy) is 1. The standard InChI is InChI=1S/C16H25NO4/c1-11(2)8-12(15(20)21-3)17-13(18)9-16(10-14(17)19)6-4-5-7-16/h11-12H,4-10H2,1-3H3. The third kappa shape index (κ3) is 3.27. The molecule has 1 unspecified atom stereocenters. The minimum absolute atomic E-state index is 0.136. The molecule has 21 heavy (non-hydrogen) atoms. The molecule has 2 aliphatic rings. The van der Waals surface area contributed by atoms with E-state index in [9.17, 15) is 14.4 Å². The molecule has 2 rings (SSSR count). The van der Waals surface area contributed by atoms with E-state index in [1.165, 1.54) is 12.0 Å². The predicted molar refractivity (Wildman–Crippen MR) is 77.2 cm³/mol. The number of rotatable bonds is 4. The van der Waals surface area contributed by atoms with Crippen molar-refractivity contribution in [2.75, 3.05) is 7.11 Å². The van der Waals surface area contributed by atoms with Gasteiger partial charge in [-0.15, -0.1) is 0 Å². The molecule has 1 spiro atoms. The molecule has 0 bridgehead atoms. The first-order chi connectivity index (χ1) is 9.88. The molecule has 0 N–H and O–H groups in total. The molecule has 5 heteroatoms. The topological polar surface area (TPSA) is 63.7 Å². The van der Waals surface area contributed by atoms with E-state index in [2.05, 4.69) is 0 Å². The highest BCUT2D eigenvalue weighted by atomic mass is 16.5. The van der Waals surface area contributed by atoms with Gasteiger partial charge in [-0.25, -0.2) is 4.79 Å². The van der Waals surface area contributed by atoms with E-state index < -0.39 is 12.0 Å². The van der Waals surface area contributed by atoms with E-state index in [1.54, 1.807) is 0 Å². The Morgan fingerprint density at radius 2 is 1.71 bits per heavy atom. The lowest BCUT2D eigenvalue weighted by Crippen LogP contribution is -2.55. The summed E-state index contributed by atoms with van der Waals surface area (Å²) in [4.78, 5) is 38.2. The number of amides is 2. The van der Waals surface area contributed by atoms with Crippen LogP contribution in [0, 0.1) is 11.3 Å². The molecule has 1 atom stereocenters. The Bertz CT molecular complexity index is 418. The monoisotopic (exact) mass is 295 g/mol. The third-order valence-electron chi connectivity index (χ3n) is 4.73. The quantitative estimate of drug-likeness (QED) is 0.589. The summed E-state index contributed by atoms with van der Waals surface area (Å²) in [5.74, 6) is -0.696.